The Labute approximate surface area is 71.0 Å². The standard InChI is InChI=1S/C11H20/c1-5-7-11(4)9-8-10(3)6-2/h6,8,11H,2,5,7,9H2,1,3-4H3. The van der Waals surface area contributed by atoms with Gasteiger partial charge < -0.3 is 0 Å². The molecule has 0 aromatic carbocycles. The third-order valence-corrected chi connectivity index (χ3v) is 1.95. The van der Waals surface area contributed by atoms with Crippen molar-refractivity contribution in [3.63, 3.8) is 0 Å². The summed E-state index contributed by atoms with van der Waals surface area (Å²) in [6.45, 7) is 10.4. The molecule has 1 atom stereocenters. The van der Waals surface area contributed by atoms with Crippen molar-refractivity contribution in [2.45, 2.75) is 40.0 Å². The molecule has 0 spiro atoms. The first kappa shape index (κ1) is 10.5. The van der Waals surface area contributed by atoms with Crippen LogP contribution in [0.4, 0.5) is 0 Å². The zero-order valence-electron chi connectivity index (χ0n) is 8.06. The normalized spacial score (nSPS) is 14.6. The molecule has 0 N–H and O–H groups in total. The van der Waals surface area contributed by atoms with E-state index in [2.05, 4.69) is 33.4 Å². The minimum Gasteiger partial charge on any atom is -0.0988 e. The van der Waals surface area contributed by atoms with Gasteiger partial charge in [-0.3, -0.25) is 0 Å². The van der Waals surface area contributed by atoms with Crippen LogP contribution in [0, 0.1) is 5.92 Å². The van der Waals surface area contributed by atoms with Gasteiger partial charge >= 0.3 is 0 Å². The van der Waals surface area contributed by atoms with Crippen LogP contribution in [-0.4, -0.2) is 0 Å². The molecular weight excluding hydrogens is 132 g/mol. The van der Waals surface area contributed by atoms with Gasteiger partial charge in [0.15, 0.2) is 0 Å². The fourth-order valence-electron chi connectivity index (χ4n) is 1.08. The van der Waals surface area contributed by atoms with Crippen molar-refractivity contribution in [1.82, 2.24) is 0 Å². The Morgan fingerprint density at radius 2 is 2.18 bits per heavy atom. The first-order chi connectivity index (χ1) is 5.20. The third kappa shape index (κ3) is 5.90. The SMILES string of the molecule is C=CC(C)=CCC(C)CCC. The number of hydrogen-bond acceptors (Lipinski definition) is 0. The Morgan fingerprint density at radius 1 is 1.55 bits per heavy atom. The highest BCUT2D eigenvalue weighted by atomic mass is 14.0. The molecule has 0 heteroatoms. The van der Waals surface area contributed by atoms with Crippen molar-refractivity contribution in [2.24, 2.45) is 5.92 Å². The third-order valence-electron chi connectivity index (χ3n) is 1.95. The van der Waals surface area contributed by atoms with Crippen LogP contribution < -0.4 is 0 Å². The molecule has 0 saturated heterocycles. The molecule has 1 unspecified atom stereocenters. The van der Waals surface area contributed by atoms with Crippen molar-refractivity contribution >= 4 is 0 Å². The molecule has 0 aromatic rings. The lowest BCUT2D eigenvalue weighted by Crippen LogP contribution is -1.90. The van der Waals surface area contributed by atoms with Crippen molar-refractivity contribution in [2.75, 3.05) is 0 Å². The van der Waals surface area contributed by atoms with Gasteiger partial charge in [0, 0.05) is 0 Å². The van der Waals surface area contributed by atoms with Crippen LogP contribution in [0.1, 0.15) is 40.0 Å². The van der Waals surface area contributed by atoms with E-state index in [4.69, 9.17) is 0 Å². The molecule has 0 aliphatic rings. The summed E-state index contributed by atoms with van der Waals surface area (Å²) in [5, 5.41) is 0. The Hall–Kier alpha value is -0.520. The summed E-state index contributed by atoms with van der Waals surface area (Å²) in [7, 11) is 0. The molecule has 0 aliphatic carbocycles. The second-order valence-corrected chi connectivity index (χ2v) is 3.28. The van der Waals surface area contributed by atoms with E-state index in [1.165, 1.54) is 24.8 Å². The van der Waals surface area contributed by atoms with Crippen LogP contribution in [0.2, 0.25) is 0 Å². The van der Waals surface area contributed by atoms with Gasteiger partial charge in [-0.25, -0.2) is 0 Å². The topological polar surface area (TPSA) is 0 Å². The number of allylic oxidation sites excluding steroid dienone is 3. The van der Waals surface area contributed by atoms with E-state index in [1.54, 1.807) is 0 Å². The van der Waals surface area contributed by atoms with E-state index in [1.807, 2.05) is 6.08 Å². The first-order valence-electron chi connectivity index (χ1n) is 4.49. The summed E-state index contributed by atoms with van der Waals surface area (Å²) < 4.78 is 0. The van der Waals surface area contributed by atoms with Gasteiger partial charge in [-0.05, 0) is 19.3 Å². The average molecular weight is 152 g/mol. The van der Waals surface area contributed by atoms with Crippen LogP contribution in [0.5, 0.6) is 0 Å². The van der Waals surface area contributed by atoms with E-state index >= 15 is 0 Å². The van der Waals surface area contributed by atoms with Gasteiger partial charge in [0.05, 0.1) is 0 Å². The van der Waals surface area contributed by atoms with Gasteiger partial charge in [0.2, 0.25) is 0 Å². The fourth-order valence-corrected chi connectivity index (χ4v) is 1.08. The molecular formula is C11H20. The molecule has 0 aliphatic heterocycles. The first-order valence-corrected chi connectivity index (χ1v) is 4.49. The second kappa shape index (κ2) is 6.21. The van der Waals surface area contributed by atoms with Crippen molar-refractivity contribution in [3.05, 3.63) is 24.3 Å². The summed E-state index contributed by atoms with van der Waals surface area (Å²) in [5.41, 5.74) is 1.30. The van der Waals surface area contributed by atoms with Gasteiger partial charge in [-0.15, -0.1) is 0 Å². The van der Waals surface area contributed by atoms with E-state index in [9.17, 15) is 0 Å². The molecule has 0 aromatic heterocycles. The molecule has 0 nitrogen and oxygen atoms in total. The second-order valence-electron chi connectivity index (χ2n) is 3.28. The lowest BCUT2D eigenvalue weighted by atomic mass is 10.0. The summed E-state index contributed by atoms with van der Waals surface area (Å²) in [6, 6.07) is 0. The Bertz CT molecular complexity index is 131. The minimum absolute atomic E-state index is 0.829. The number of hydrogen-bond donors (Lipinski definition) is 0. The maximum atomic E-state index is 3.72. The predicted octanol–water partition coefficient (Wildman–Crippen LogP) is 3.95. The fraction of sp³-hybridized carbons (Fsp3) is 0.636. The van der Waals surface area contributed by atoms with Gasteiger partial charge in [-0.2, -0.15) is 0 Å². The maximum Gasteiger partial charge on any atom is -0.0319 e. The monoisotopic (exact) mass is 152 g/mol. The molecule has 0 amide bonds. The highest BCUT2D eigenvalue weighted by Gasteiger charge is 1.96. The predicted molar refractivity (Wildman–Crippen MR) is 52.6 cm³/mol. The average Bonchev–Trinajstić information content (AvgIpc) is 2.01. The minimum atomic E-state index is 0.829. The van der Waals surface area contributed by atoms with Crippen LogP contribution in [-0.2, 0) is 0 Å². The Kier molecular flexibility index (Phi) is 5.91. The van der Waals surface area contributed by atoms with E-state index in [0.717, 1.165) is 5.92 Å². The molecule has 0 radical (unpaired) electrons. The Morgan fingerprint density at radius 3 is 2.64 bits per heavy atom. The van der Waals surface area contributed by atoms with Gasteiger partial charge in [0.25, 0.3) is 0 Å². The molecule has 0 fully saturated rings. The van der Waals surface area contributed by atoms with E-state index in [-0.39, 0.29) is 0 Å². The molecule has 0 bridgehead atoms. The summed E-state index contributed by atoms with van der Waals surface area (Å²) in [6.07, 6.45) is 8.01. The van der Waals surface area contributed by atoms with Crippen molar-refractivity contribution in [3.8, 4) is 0 Å². The van der Waals surface area contributed by atoms with E-state index in [0.29, 0.717) is 0 Å². The zero-order chi connectivity index (χ0) is 8.69. The smallest absolute Gasteiger partial charge is 0.0319 e. The molecule has 11 heavy (non-hydrogen) atoms. The summed E-state index contributed by atoms with van der Waals surface area (Å²) in [4.78, 5) is 0. The highest BCUT2D eigenvalue weighted by Crippen LogP contribution is 2.11. The van der Waals surface area contributed by atoms with Gasteiger partial charge in [-0.1, -0.05) is 51.0 Å². The van der Waals surface area contributed by atoms with Crippen molar-refractivity contribution < 1.29 is 0 Å². The van der Waals surface area contributed by atoms with Gasteiger partial charge in [0.1, 0.15) is 0 Å². The zero-order valence-corrected chi connectivity index (χ0v) is 8.06. The highest BCUT2D eigenvalue weighted by molar-refractivity contribution is 5.12. The van der Waals surface area contributed by atoms with Crippen LogP contribution in [0.25, 0.3) is 0 Å². The number of rotatable bonds is 5. The largest absolute Gasteiger partial charge is 0.0988 e. The quantitative estimate of drug-likeness (QED) is 0.523. The maximum absolute atomic E-state index is 3.72. The van der Waals surface area contributed by atoms with Crippen LogP contribution >= 0.6 is 0 Å². The van der Waals surface area contributed by atoms with Crippen LogP contribution in [0.15, 0.2) is 24.3 Å². The van der Waals surface area contributed by atoms with Crippen LogP contribution in [0.3, 0.4) is 0 Å². The summed E-state index contributed by atoms with van der Waals surface area (Å²) in [5.74, 6) is 0.829. The molecule has 0 saturated carbocycles. The molecule has 64 valence electrons. The molecule has 0 rings (SSSR count). The Balaban J connectivity index is 3.59. The lowest BCUT2D eigenvalue weighted by molar-refractivity contribution is 0.531. The van der Waals surface area contributed by atoms with E-state index < -0.39 is 0 Å². The molecule has 0 heterocycles. The summed E-state index contributed by atoms with van der Waals surface area (Å²) >= 11 is 0. The lowest BCUT2D eigenvalue weighted by Gasteiger charge is -2.05. The van der Waals surface area contributed by atoms with Crippen molar-refractivity contribution in [1.29, 1.82) is 0 Å².